The molecule has 8 nitrogen and oxygen atoms in total. The van der Waals surface area contributed by atoms with Gasteiger partial charge in [0.15, 0.2) is 11.5 Å². The van der Waals surface area contributed by atoms with Crippen molar-refractivity contribution in [3.8, 4) is 17.2 Å². The van der Waals surface area contributed by atoms with Crippen LogP contribution in [0.1, 0.15) is 20.3 Å². The van der Waals surface area contributed by atoms with E-state index in [9.17, 15) is 13.2 Å². The highest BCUT2D eigenvalue weighted by molar-refractivity contribution is 7.92. The summed E-state index contributed by atoms with van der Waals surface area (Å²) in [5, 5.41) is 2.66. The molecule has 0 saturated carbocycles. The van der Waals surface area contributed by atoms with Gasteiger partial charge in [0.1, 0.15) is 5.75 Å². The van der Waals surface area contributed by atoms with Gasteiger partial charge in [0.05, 0.1) is 37.1 Å². The first kappa shape index (κ1) is 21.4. The number of nitrogens with one attached hydrogen (secondary N) is 2. The van der Waals surface area contributed by atoms with Crippen LogP contribution in [0.25, 0.3) is 0 Å². The Morgan fingerprint density at radius 2 is 1.64 bits per heavy atom. The van der Waals surface area contributed by atoms with Crippen molar-refractivity contribution in [2.24, 2.45) is 0 Å². The van der Waals surface area contributed by atoms with Crippen molar-refractivity contribution in [2.45, 2.75) is 25.2 Å². The molecule has 0 aromatic heterocycles. The van der Waals surface area contributed by atoms with Crippen molar-refractivity contribution in [3.63, 3.8) is 0 Å². The summed E-state index contributed by atoms with van der Waals surface area (Å²) in [4.78, 5) is 11.7. The van der Waals surface area contributed by atoms with Crippen LogP contribution in [0, 0.1) is 0 Å². The van der Waals surface area contributed by atoms with Crippen LogP contribution in [-0.4, -0.2) is 35.2 Å². The Bertz CT molecular complexity index is 943. The van der Waals surface area contributed by atoms with Gasteiger partial charge >= 0.3 is 0 Å². The third kappa shape index (κ3) is 5.07. The van der Waals surface area contributed by atoms with Crippen LogP contribution in [-0.2, 0) is 14.8 Å². The highest BCUT2D eigenvalue weighted by Gasteiger charge is 2.19. The fourth-order valence-electron chi connectivity index (χ4n) is 2.41. The standard InChI is InChI=1S/C19H24N2O6S/c1-5-19(22)20-15-12-14(8-10-16(15)27-6-2)28(23,24)21-13-7-9-17(25-3)18(11-13)26-4/h7-12,21H,5-6H2,1-4H3,(H,20,22). The Balaban J connectivity index is 2.36. The largest absolute Gasteiger partial charge is 0.493 e. The van der Waals surface area contributed by atoms with Gasteiger partial charge in [-0.15, -0.1) is 0 Å². The lowest BCUT2D eigenvalue weighted by molar-refractivity contribution is -0.115. The molecule has 0 heterocycles. The predicted molar refractivity (Wildman–Crippen MR) is 107 cm³/mol. The average molecular weight is 408 g/mol. The lowest BCUT2D eigenvalue weighted by Gasteiger charge is -2.15. The van der Waals surface area contributed by atoms with Crippen molar-refractivity contribution in [3.05, 3.63) is 36.4 Å². The smallest absolute Gasteiger partial charge is 0.261 e. The van der Waals surface area contributed by atoms with Crippen LogP contribution in [0.4, 0.5) is 11.4 Å². The van der Waals surface area contributed by atoms with E-state index in [0.29, 0.717) is 35.2 Å². The maximum absolute atomic E-state index is 12.8. The minimum Gasteiger partial charge on any atom is -0.493 e. The highest BCUT2D eigenvalue weighted by Crippen LogP contribution is 2.32. The minimum atomic E-state index is -3.91. The van der Waals surface area contributed by atoms with Gasteiger partial charge in [-0.2, -0.15) is 0 Å². The number of hydrogen-bond donors (Lipinski definition) is 2. The van der Waals surface area contributed by atoms with Crippen LogP contribution >= 0.6 is 0 Å². The van der Waals surface area contributed by atoms with Crippen LogP contribution in [0.2, 0.25) is 0 Å². The Morgan fingerprint density at radius 1 is 0.964 bits per heavy atom. The molecule has 0 spiro atoms. The second kappa shape index (κ2) is 9.32. The first-order valence-corrected chi connectivity index (χ1v) is 10.1. The van der Waals surface area contributed by atoms with Crippen molar-refractivity contribution in [1.82, 2.24) is 0 Å². The number of amides is 1. The predicted octanol–water partition coefficient (Wildman–Crippen LogP) is 3.25. The molecule has 28 heavy (non-hydrogen) atoms. The SMILES string of the molecule is CCOc1ccc(S(=O)(=O)Nc2ccc(OC)c(OC)c2)cc1NC(=O)CC. The van der Waals surface area contributed by atoms with Gasteiger partial charge in [-0.05, 0) is 37.3 Å². The molecule has 0 unspecified atom stereocenters. The summed E-state index contributed by atoms with van der Waals surface area (Å²) in [6.45, 7) is 3.88. The van der Waals surface area contributed by atoms with Gasteiger partial charge in [0.25, 0.3) is 10.0 Å². The van der Waals surface area contributed by atoms with Gasteiger partial charge in [-0.25, -0.2) is 8.42 Å². The van der Waals surface area contributed by atoms with Crippen LogP contribution in [0.5, 0.6) is 17.2 Å². The summed E-state index contributed by atoms with van der Waals surface area (Å²) in [5.41, 5.74) is 0.606. The van der Waals surface area contributed by atoms with E-state index in [1.807, 2.05) is 0 Å². The molecule has 2 aromatic carbocycles. The van der Waals surface area contributed by atoms with E-state index in [-0.39, 0.29) is 17.2 Å². The summed E-state index contributed by atoms with van der Waals surface area (Å²) in [6.07, 6.45) is 0.256. The van der Waals surface area contributed by atoms with Gasteiger partial charge in [-0.3, -0.25) is 9.52 Å². The minimum absolute atomic E-state index is 0.0165. The molecule has 2 N–H and O–H groups in total. The fraction of sp³-hybridized carbons (Fsp3) is 0.316. The molecule has 0 fully saturated rings. The number of carbonyl (C=O) groups excluding carboxylic acids is 1. The fourth-order valence-corrected chi connectivity index (χ4v) is 3.48. The highest BCUT2D eigenvalue weighted by atomic mass is 32.2. The number of hydrogen-bond acceptors (Lipinski definition) is 6. The van der Waals surface area contributed by atoms with Crippen LogP contribution < -0.4 is 24.2 Å². The number of methoxy groups -OCH3 is 2. The number of ether oxygens (including phenoxy) is 3. The van der Waals surface area contributed by atoms with E-state index in [1.54, 1.807) is 26.0 Å². The monoisotopic (exact) mass is 408 g/mol. The van der Waals surface area contributed by atoms with Gasteiger partial charge in [0, 0.05) is 12.5 Å². The Hall–Kier alpha value is -2.94. The van der Waals surface area contributed by atoms with Crippen LogP contribution in [0.3, 0.4) is 0 Å². The molecule has 0 atom stereocenters. The third-order valence-corrected chi connectivity index (χ3v) is 5.17. The quantitative estimate of drug-likeness (QED) is 0.660. The summed E-state index contributed by atoms with van der Waals surface area (Å²) in [6, 6.07) is 8.97. The van der Waals surface area contributed by atoms with E-state index in [2.05, 4.69) is 10.0 Å². The Morgan fingerprint density at radius 3 is 2.25 bits per heavy atom. The van der Waals surface area contributed by atoms with Crippen molar-refractivity contribution in [1.29, 1.82) is 0 Å². The molecular formula is C19H24N2O6S. The summed E-state index contributed by atoms with van der Waals surface area (Å²) in [5.74, 6) is 1.03. The maximum Gasteiger partial charge on any atom is 0.261 e. The van der Waals surface area contributed by atoms with E-state index in [4.69, 9.17) is 14.2 Å². The molecule has 9 heteroatoms. The van der Waals surface area contributed by atoms with Crippen molar-refractivity contribution < 1.29 is 27.4 Å². The van der Waals surface area contributed by atoms with E-state index >= 15 is 0 Å². The zero-order chi connectivity index (χ0) is 20.7. The summed E-state index contributed by atoms with van der Waals surface area (Å²) >= 11 is 0. The molecule has 0 aliphatic rings. The number of benzene rings is 2. The summed E-state index contributed by atoms with van der Waals surface area (Å²) < 4.78 is 43.9. The molecule has 152 valence electrons. The normalized spacial score (nSPS) is 10.9. The van der Waals surface area contributed by atoms with Gasteiger partial charge < -0.3 is 19.5 Å². The Kier molecular flexibility index (Phi) is 7.11. The molecule has 0 bridgehead atoms. The molecule has 1 amide bonds. The second-order valence-electron chi connectivity index (χ2n) is 5.67. The topological polar surface area (TPSA) is 103 Å². The summed E-state index contributed by atoms with van der Waals surface area (Å²) in [7, 11) is -0.950. The zero-order valence-corrected chi connectivity index (χ0v) is 17.1. The third-order valence-electron chi connectivity index (χ3n) is 3.79. The molecule has 0 aliphatic heterocycles. The molecule has 0 saturated heterocycles. The van der Waals surface area contributed by atoms with E-state index < -0.39 is 10.0 Å². The maximum atomic E-state index is 12.8. The van der Waals surface area contributed by atoms with Crippen LogP contribution in [0.15, 0.2) is 41.3 Å². The number of sulfonamides is 1. The molecule has 2 aromatic rings. The Labute approximate surface area is 164 Å². The first-order valence-electron chi connectivity index (χ1n) is 8.66. The lowest BCUT2D eigenvalue weighted by Crippen LogP contribution is -2.15. The van der Waals surface area contributed by atoms with E-state index in [1.165, 1.54) is 38.5 Å². The second-order valence-corrected chi connectivity index (χ2v) is 7.35. The first-order chi connectivity index (χ1) is 13.3. The number of carbonyl (C=O) groups is 1. The lowest BCUT2D eigenvalue weighted by atomic mass is 10.3. The van der Waals surface area contributed by atoms with Gasteiger partial charge in [0.2, 0.25) is 5.91 Å². The molecular weight excluding hydrogens is 384 g/mol. The zero-order valence-electron chi connectivity index (χ0n) is 16.2. The van der Waals surface area contributed by atoms with Gasteiger partial charge in [-0.1, -0.05) is 6.92 Å². The molecule has 0 aliphatic carbocycles. The molecule has 0 radical (unpaired) electrons. The number of anilines is 2. The molecule has 2 rings (SSSR count). The van der Waals surface area contributed by atoms with Crippen molar-refractivity contribution in [2.75, 3.05) is 30.9 Å². The number of rotatable bonds is 9. The van der Waals surface area contributed by atoms with E-state index in [0.717, 1.165) is 0 Å². The van der Waals surface area contributed by atoms with Crippen molar-refractivity contribution >= 4 is 27.3 Å². The average Bonchev–Trinajstić information content (AvgIpc) is 2.68.